The molecular weight excluding hydrogens is 112 g/mol. The Bertz CT molecular complexity index is 197. The van der Waals surface area contributed by atoms with Gasteiger partial charge in [-0.3, -0.25) is 0 Å². The predicted octanol–water partition coefficient (Wildman–Crippen LogP) is 0.833. The Kier molecular flexibility index (Phi) is 0.781. The topological polar surface area (TPSA) is 37.7 Å². The van der Waals surface area contributed by atoms with Gasteiger partial charge >= 0.3 is 0 Å². The molecule has 2 heteroatoms. The van der Waals surface area contributed by atoms with Gasteiger partial charge in [-0.2, -0.15) is 0 Å². The van der Waals surface area contributed by atoms with Gasteiger partial charge in [0.25, 0.3) is 0 Å². The summed E-state index contributed by atoms with van der Waals surface area (Å²) in [7, 11) is 0. The molecule has 1 aromatic heterocycles. The van der Waals surface area contributed by atoms with Crippen LogP contribution in [0.4, 0.5) is 0 Å². The van der Waals surface area contributed by atoms with Crippen LogP contribution >= 0.6 is 0 Å². The van der Waals surface area contributed by atoms with Crippen molar-refractivity contribution in [3.05, 3.63) is 24.0 Å². The molecule has 1 aliphatic heterocycles. The highest BCUT2D eigenvalue weighted by Crippen LogP contribution is 2.28. The van der Waals surface area contributed by atoms with Crippen LogP contribution in [0.1, 0.15) is 12.5 Å². The number of H-pyrrole nitrogens is 1. The van der Waals surface area contributed by atoms with Crippen LogP contribution in [0.2, 0.25) is 0 Å². The van der Waals surface area contributed by atoms with Crippen LogP contribution in [0.15, 0.2) is 18.5 Å². The van der Waals surface area contributed by atoms with Gasteiger partial charge in [-0.05, 0) is 18.6 Å². The molecule has 0 radical (unpaired) electrons. The van der Waals surface area contributed by atoms with E-state index >= 15 is 0 Å². The molecule has 0 saturated carbocycles. The van der Waals surface area contributed by atoms with Crippen molar-refractivity contribution in [2.45, 2.75) is 12.5 Å². The normalized spacial score (nSPS) is 32.6. The first-order chi connectivity index (χ1) is 4.31. The van der Waals surface area contributed by atoms with Crippen molar-refractivity contribution in [3.8, 4) is 0 Å². The second-order valence-electron chi connectivity index (χ2n) is 2.79. The summed E-state index contributed by atoms with van der Waals surface area (Å²) in [4.78, 5) is 3.04. The van der Waals surface area contributed by atoms with Gasteiger partial charge in [-0.1, -0.05) is 0 Å². The molecule has 0 spiro atoms. The van der Waals surface area contributed by atoms with Gasteiger partial charge in [-0.15, -0.1) is 0 Å². The van der Waals surface area contributed by atoms with Crippen LogP contribution in [0.25, 0.3) is 0 Å². The fraction of sp³-hybridized carbons (Fsp3) is 0.429. The van der Waals surface area contributed by atoms with Crippen molar-refractivity contribution >= 4 is 0 Å². The molecule has 2 rings (SSSR count). The quantitative estimate of drug-likeness (QED) is 0.532. The average Bonchev–Trinajstić information content (AvgIpc) is 2.46. The number of aromatic nitrogens is 1. The van der Waals surface area contributed by atoms with Gasteiger partial charge < -0.3 is 10.3 Å². The molecule has 1 aromatic rings. The summed E-state index contributed by atoms with van der Waals surface area (Å²) in [5.74, 6) is 0. The lowest BCUT2D eigenvalue weighted by atomic mass is 10.1. The van der Waals surface area contributed by atoms with E-state index in [4.69, 9.17) is 0 Å². The highest BCUT2D eigenvalue weighted by molar-refractivity contribution is 5.26. The standard InChI is InChI=1S/C7H10N2/c1-7(5-9-7)6-2-3-8-4-6/h2-4,8-9H,5H2,1H3. The van der Waals surface area contributed by atoms with Crippen molar-refractivity contribution < 1.29 is 0 Å². The summed E-state index contributed by atoms with van der Waals surface area (Å²) < 4.78 is 0. The molecule has 1 atom stereocenters. The maximum atomic E-state index is 3.29. The summed E-state index contributed by atoms with van der Waals surface area (Å²) >= 11 is 0. The Morgan fingerprint density at radius 3 is 2.89 bits per heavy atom. The fourth-order valence-electron chi connectivity index (χ4n) is 1.00. The Morgan fingerprint density at radius 1 is 1.67 bits per heavy atom. The van der Waals surface area contributed by atoms with Crippen LogP contribution in [0.3, 0.4) is 0 Å². The van der Waals surface area contributed by atoms with Gasteiger partial charge in [0.15, 0.2) is 0 Å². The lowest BCUT2D eigenvalue weighted by Gasteiger charge is -1.99. The summed E-state index contributed by atoms with van der Waals surface area (Å²) in [6.45, 7) is 3.32. The smallest absolute Gasteiger partial charge is 0.0548 e. The van der Waals surface area contributed by atoms with E-state index in [1.54, 1.807) is 0 Å². The zero-order valence-electron chi connectivity index (χ0n) is 5.44. The number of rotatable bonds is 1. The lowest BCUT2D eigenvalue weighted by molar-refractivity contribution is 0.765. The SMILES string of the molecule is CC1(c2cc[nH]c2)CN1. The summed E-state index contributed by atoms with van der Waals surface area (Å²) in [5, 5.41) is 3.29. The third-order valence-corrected chi connectivity index (χ3v) is 1.94. The summed E-state index contributed by atoms with van der Waals surface area (Å²) in [6.07, 6.45) is 4.00. The largest absolute Gasteiger partial charge is 0.367 e. The van der Waals surface area contributed by atoms with E-state index in [0.717, 1.165) is 6.54 Å². The number of hydrogen-bond acceptors (Lipinski definition) is 1. The Labute approximate surface area is 54.3 Å². The third kappa shape index (κ3) is 0.669. The van der Waals surface area contributed by atoms with Crippen LogP contribution in [0, 0.1) is 0 Å². The minimum absolute atomic E-state index is 0.292. The van der Waals surface area contributed by atoms with Crippen molar-refractivity contribution in [2.75, 3.05) is 6.54 Å². The third-order valence-electron chi connectivity index (χ3n) is 1.94. The second-order valence-corrected chi connectivity index (χ2v) is 2.79. The highest BCUT2D eigenvalue weighted by atomic mass is 15.2. The van der Waals surface area contributed by atoms with E-state index < -0.39 is 0 Å². The molecule has 1 fully saturated rings. The molecule has 0 amide bonds. The molecule has 1 unspecified atom stereocenters. The summed E-state index contributed by atoms with van der Waals surface area (Å²) in [5.41, 5.74) is 1.66. The van der Waals surface area contributed by atoms with Crippen LogP contribution < -0.4 is 5.32 Å². The van der Waals surface area contributed by atoms with Gasteiger partial charge in [0, 0.05) is 18.9 Å². The molecule has 0 aliphatic carbocycles. The van der Waals surface area contributed by atoms with Crippen LogP contribution in [-0.4, -0.2) is 11.5 Å². The molecule has 9 heavy (non-hydrogen) atoms. The van der Waals surface area contributed by atoms with Crippen LogP contribution in [0.5, 0.6) is 0 Å². The molecule has 2 heterocycles. The van der Waals surface area contributed by atoms with E-state index in [2.05, 4.69) is 23.3 Å². The van der Waals surface area contributed by atoms with E-state index in [9.17, 15) is 0 Å². The van der Waals surface area contributed by atoms with E-state index in [1.165, 1.54) is 5.56 Å². The Morgan fingerprint density at radius 2 is 2.44 bits per heavy atom. The number of hydrogen-bond donors (Lipinski definition) is 2. The van der Waals surface area contributed by atoms with E-state index in [0.29, 0.717) is 5.54 Å². The molecule has 1 saturated heterocycles. The van der Waals surface area contributed by atoms with Crippen molar-refractivity contribution in [1.29, 1.82) is 0 Å². The van der Waals surface area contributed by atoms with Crippen LogP contribution in [-0.2, 0) is 5.54 Å². The first-order valence-electron chi connectivity index (χ1n) is 3.20. The molecule has 48 valence electrons. The number of aromatic amines is 1. The molecule has 0 bridgehead atoms. The molecule has 0 aromatic carbocycles. The minimum Gasteiger partial charge on any atom is -0.367 e. The van der Waals surface area contributed by atoms with Gasteiger partial charge in [-0.25, -0.2) is 0 Å². The van der Waals surface area contributed by atoms with Crippen molar-refractivity contribution in [2.24, 2.45) is 0 Å². The van der Waals surface area contributed by atoms with E-state index in [1.807, 2.05) is 12.4 Å². The zero-order valence-corrected chi connectivity index (χ0v) is 5.44. The Balaban J connectivity index is 2.34. The minimum atomic E-state index is 0.292. The zero-order chi connectivity index (χ0) is 6.32. The van der Waals surface area contributed by atoms with Gasteiger partial charge in [0.1, 0.15) is 0 Å². The first kappa shape index (κ1) is 5.06. The predicted molar refractivity (Wildman–Crippen MR) is 36.1 cm³/mol. The van der Waals surface area contributed by atoms with Gasteiger partial charge in [0.05, 0.1) is 5.54 Å². The van der Waals surface area contributed by atoms with Gasteiger partial charge in [0.2, 0.25) is 0 Å². The average molecular weight is 122 g/mol. The summed E-state index contributed by atoms with van der Waals surface area (Å²) in [6, 6.07) is 2.11. The molecule has 2 N–H and O–H groups in total. The highest BCUT2D eigenvalue weighted by Gasteiger charge is 2.38. The van der Waals surface area contributed by atoms with E-state index in [-0.39, 0.29) is 0 Å². The number of nitrogens with one attached hydrogen (secondary N) is 2. The lowest BCUT2D eigenvalue weighted by Crippen LogP contribution is -2.04. The second kappa shape index (κ2) is 1.39. The first-order valence-corrected chi connectivity index (χ1v) is 3.20. The molecule has 1 aliphatic rings. The maximum Gasteiger partial charge on any atom is 0.0548 e. The molecular formula is C7H10N2. The molecule has 2 nitrogen and oxygen atoms in total. The van der Waals surface area contributed by atoms with Crippen molar-refractivity contribution in [1.82, 2.24) is 10.3 Å². The Hall–Kier alpha value is -0.760. The monoisotopic (exact) mass is 122 g/mol. The maximum absolute atomic E-state index is 3.29. The fourth-order valence-corrected chi connectivity index (χ4v) is 1.00. The van der Waals surface area contributed by atoms with Crippen molar-refractivity contribution in [3.63, 3.8) is 0 Å².